The van der Waals surface area contributed by atoms with Gasteiger partial charge in [-0.25, -0.2) is 0 Å². The van der Waals surface area contributed by atoms with E-state index in [1.54, 1.807) is 17.6 Å². The third-order valence-corrected chi connectivity index (χ3v) is 5.38. The van der Waals surface area contributed by atoms with E-state index in [-0.39, 0.29) is 0 Å². The summed E-state index contributed by atoms with van der Waals surface area (Å²) < 4.78 is 5.31. The summed E-state index contributed by atoms with van der Waals surface area (Å²) in [5, 5.41) is 3.46. The largest absolute Gasteiger partial charge is 0.497 e. The molecule has 1 aromatic carbocycles. The molecule has 0 bridgehead atoms. The molecule has 1 aromatic heterocycles. The van der Waals surface area contributed by atoms with Crippen LogP contribution in [0, 0.1) is 0 Å². The number of ether oxygens (including phenoxy) is 1. The van der Waals surface area contributed by atoms with Crippen molar-refractivity contribution in [3.05, 3.63) is 51.2 Å². The highest BCUT2D eigenvalue weighted by molar-refractivity contribution is 7.12. The highest BCUT2D eigenvalue weighted by atomic mass is 32.1. The normalized spacial score (nSPS) is 15.1. The minimum atomic E-state index is 0.401. The van der Waals surface area contributed by atoms with Crippen LogP contribution in [0.4, 0.5) is 0 Å². The van der Waals surface area contributed by atoms with Gasteiger partial charge in [0.25, 0.3) is 0 Å². The van der Waals surface area contributed by atoms with E-state index < -0.39 is 0 Å². The second-order valence-electron chi connectivity index (χ2n) is 5.35. The molecular formula is C17H21NOS. The first-order valence-corrected chi connectivity index (χ1v) is 8.03. The standard InChI is InChI=1S/C17H21NOS/c1-18-15(10-12-5-3-7-14(9-12)19-2)17-11-13-6-4-8-16(13)20-17/h3,5,7,9,11,15,18H,4,6,8,10H2,1-2H3. The van der Waals surface area contributed by atoms with E-state index in [4.69, 9.17) is 4.74 Å². The number of thiophene rings is 1. The smallest absolute Gasteiger partial charge is 0.119 e. The Morgan fingerprint density at radius 2 is 2.20 bits per heavy atom. The predicted octanol–water partition coefficient (Wildman–Crippen LogP) is 3.75. The van der Waals surface area contributed by atoms with Crippen LogP contribution in [-0.2, 0) is 19.3 Å². The zero-order valence-electron chi connectivity index (χ0n) is 12.1. The molecule has 2 nitrogen and oxygen atoms in total. The molecule has 3 rings (SSSR count). The molecule has 1 aliphatic carbocycles. The number of aryl methyl sites for hydroxylation is 2. The van der Waals surface area contributed by atoms with Gasteiger partial charge in [0.1, 0.15) is 5.75 Å². The molecule has 20 heavy (non-hydrogen) atoms. The minimum Gasteiger partial charge on any atom is -0.497 e. The minimum absolute atomic E-state index is 0.401. The van der Waals surface area contributed by atoms with Gasteiger partial charge in [-0.2, -0.15) is 0 Å². The highest BCUT2D eigenvalue weighted by Gasteiger charge is 2.19. The molecule has 0 spiro atoms. The molecule has 3 heteroatoms. The van der Waals surface area contributed by atoms with Crippen molar-refractivity contribution in [2.45, 2.75) is 31.7 Å². The summed E-state index contributed by atoms with van der Waals surface area (Å²) in [6, 6.07) is 11.2. The predicted molar refractivity (Wildman–Crippen MR) is 84.8 cm³/mol. The lowest BCUT2D eigenvalue weighted by molar-refractivity contribution is 0.414. The van der Waals surface area contributed by atoms with Crippen LogP contribution >= 0.6 is 11.3 Å². The maximum Gasteiger partial charge on any atom is 0.119 e. The monoisotopic (exact) mass is 287 g/mol. The van der Waals surface area contributed by atoms with Crippen molar-refractivity contribution in [3.63, 3.8) is 0 Å². The Kier molecular flexibility index (Phi) is 4.08. The molecule has 1 atom stereocenters. The Labute approximate surface area is 124 Å². The number of nitrogens with one attached hydrogen (secondary N) is 1. The molecule has 0 saturated heterocycles. The van der Waals surface area contributed by atoms with E-state index in [1.165, 1.54) is 29.7 Å². The molecule has 0 amide bonds. The lowest BCUT2D eigenvalue weighted by atomic mass is 10.0. The van der Waals surface area contributed by atoms with Crippen LogP contribution in [0.15, 0.2) is 30.3 Å². The fourth-order valence-electron chi connectivity index (χ4n) is 2.90. The van der Waals surface area contributed by atoms with Gasteiger partial charge in [-0.1, -0.05) is 12.1 Å². The molecule has 1 unspecified atom stereocenters. The summed E-state index contributed by atoms with van der Waals surface area (Å²) in [6.45, 7) is 0. The van der Waals surface area contributed by atoms with Gasteiger partial charge >= 0.3 is 0 Å². The average molecular weight is 287 g/mol. The summed E-state index contributed by atoms with van der Waals surface area (Å²) >= 11 is 1.99. The Bertz CT molecular complexity index is 569. The maximum absolute atomic E-state index is 5.31. The number of fused-ring (bicyclic) bond motifs is 1. The van der Waals surface area contributed by atoms with Gasteiger partial charge in [-0.05, 0) is 62.1 Å². The van der Waals surface area contributed by atoms with Gasteiger partial charge < -0.3 is 10.1 Å². The number of hydrogen-bond donors (Lipinski definition) is 1. The quantitative estimate of drug-likeness (QED) is 0.904. The molecule has 1 N–H and O–H groups in total. The van der Waals surface area contributed by atoms with Gasteiger partial charge in [0.05, 0.1) is 7.11 Å². The third-order valence-electron chi connectivity index (χ3n) is 4.03. The van der Waals surface area contributed by atoms with Crippen molar-refractivity contribution in [1.82, 2.24) is 5.32 Å². The van der Waals surface area contributed by atoms with Gasteiger partial charge in [0.15, 0.2) is 0 Å². The summed E-state index contributed by atoms with van der Waals surface area (Å²) in [4.78, 5) is 3.07. The second kappa shape index (κ2) is 5.98. The zero-order chi connectivity index (χ0) is 13.9. The molecule has 0 aliphatic heterocycles. The average Bonchev–Trinajstić information content (AvgIpc) is 3.06. The number of likely N-dealkylation sites (N-methyl/N-ethyl adjacent to an activating group) is 1. The van der Waals surface area contributed by atoms with E-state index in [9.17, 15) is 0 Å². The highest BCUT2D eigenvalue weighted by Crippen LogP contribution is 2.34. The summed E-state index contributed by atoms with van der Waals surface area (Å²) in [7, 11) is 3.77. The topological polar surface area (TPSA) is 21.3 Å². The Morgan fingerprint density at radius 1 is 1.30 bits per heavy atom. The SMILES string of the molecule is CNC(Cc1cccc(OC)c1)c1cc2c(s1)CCC2. The molecule has 0 radical (unpaired) electrons. The van der Waals surface area contributed by atoms with E-state index in [2.05, 4.69) is 36.6 Å². The summed E-state index contributed by atoms with van der Waals surface area (Å²) in [6.07, 6.45) is 4.88. The fourth-order valence-corrected chi connectivity index (χ4v) is 4.27. The number of benzene rings is 1. The lowest BCUT2D eigenvalue weighted by Crippen LogP contribution is -2.17. The van der Waals surface area contributed by atoms with Crippen LogP contribution in [0.5, 0.6) is 5.75 Å². The Morgan fingerprint density at radius 3 is 2.95 bits per heavy atom. The molecule has 106 valence electrons. The number of rotatable bonds is 5. The summed E-state index contributed by atoms with van der Waals surface area (Å²) in [5.74, 6) is 0.936. The lowest BCUT2D eigenvalue weighted by Gasteiger charge is -2.15. The van der Waals surface area contributed by atoms with Crippen LogP contribution in [0.1, 0.15) is 33.3 Å². The van der Waals surface area contributed by atoms with Crippen molar-refractivity contribution in [1.29, 1.82) is 0 Å². The van der Waals surface area contributed by atoms with Crippen molar-refractivity contribution in [2.24, 2.45) is 0 Å². The molecule has 2 aromatic rings. The van der Waals surface area contributed by atoms with Crippen LogP contribution in [0.25, 0.3) is 0 Å². The molecule has 0 saturated carbocycles. The van der Waals surface area contributed by atoms with E-state index >= 15 is 0 Å². The molecule has 1 heterocycles. The second-order valence-corrected chi connectivity index (χ2v) is 6.52. The zero-order valence-corrected chi connectivity index (χ0v) is 12.9. The molecular weight excluding hydrogens is 266 g/mol. The number of methoxy groups -OCH3 is 1. The van der Waals surface area contributed by atoms with Crippen molar-refractivity contribution < 1.29 is 4.74 Å². The maximum atomic E-state index is 5.31. The first-order chi connectivity index (χ1) is 9.80. The molecule has 0 fully saturated rings. The van der Waals surface area contributed by atoms with Crippen LogP contribution in [-0.4, -0.2) is 14.2 Å². The van der Waals surface area contributed by atoms with E-state index in [1.807, 2.05) is 17.4 Å². The van der Waals surface area contributed by atoms with Crippen LogP contribution in [0.3, 0.4) is 0 Å². The fraction of sp³-hybridized carbons (Fsp3) is 0.412. The van der Waals surface area contributed by atoms with Gasteiger partial charge in [-0.3, -0.25) is 0 Å². The first-order valence-electron chi connectivity index (χ1n) is 7.22. The van der Waals surface area contributed by atoms with Gasteiger partial charge in [0, 0.05) is 15.8 Å². The van der Waals surface area contributed by atoms with Crippen molar-refractivity contribution in [2.75, 3.05) is 14.2 Å². The van der Waals surface area contributed by atoms with Gasteiger partial charge in [0.2, 0.25) is 0 Å². The van der Waals surface area contributed by atoms with E-state index in [0.29, 0.717) is 6.04 Å². The van der Waals surface area contributed by atoms with E-state index in [0.717, 1.165) is 12.2 Å². The van der Waals surface area contributed by atoms with Crippen molar-refractivity contribution in [3.8, 4) is 5.75 Å². The van der Waals surface area contributed by atoms with Crippen LogP contribution < -0.4 is 10.1 Å². The van der Waals surface area contributed by atoms with Crippen LogP contribution in [0.2, 0.25) is 0 Å². The van der Waals surface area contributed by atoms with Gasteiger partial charge in [-0.15, -0.1) is 11.3 Å². The Hall–Kier alpha value is -1.32. The first kappa shape index (κ1) is 13.7. The Balaban J connectivity index is 1.78. The number of hydrogen-bond acceptors (Lipinski definition) is 3. The van der Waals surface area contributed by atoms with Crippen molar-refractivity contribution >= 4 is 11.3 Å². The third kappa shape index (κ3) is 2.74. The summed E-state index contributed by atoms with van der Waals surface area (Å²) in [5.41, 5.74) is 2.90. The molecule has 1 aliphatic rings.